The van der Waals surface area contributed by atoms with Gasteiger partial charge in [0.2, 0.25) is 11.8 Å². The van der Waals surface area contributed by atoms with Gasteiger partial charge in [0.1, 0.15) is 18.0 Å². The zero-order valence-corrected chi connectivity index (χ0v) is 31.9. The average molecular weight is 754 g/mol. The molecule has 3 atom stereocenters. The number of fused-ring (bicyclic) bond motifs is 1. The third-order valence-electron chi connectivity index (χ3n) is 10.9. The van der Waals surface area contributed by atoms with E-state index in [1.807, 2.05) is 11.8 Å². The van der Waals surface area contributed by atoms with E-state index in [-0.39, 0.29) is 41.8 Å². The minimum atomic E-state index is -4.77. The number of likely N-dealkylation sites (N-methyl/N-ethyl adjacent to an activating group) is 1. The van der Waals surface area contributed by atoms with Crippen LogP contribution in [0.4, 0.5) is 5.69 Å². The van der Waals surface area contributed by atoms with Crippen molar-refractivity contribution in [1.82, 2.24) is 23.7 Å². The lowest BCUT2D eigenvalue weighted by Gasteiger charge is -2.43. The number of sulfonamides is 1. The van der Waals surface area contributed by atoms with Crippen LogP contribution in [0.25, 0.3) is 0 Å². The maximum Gasteiger partial charge on any atom is 0.312 e. The van der Waals surface area contributed by atoms with Crippen molar-refractivity contribution in [1.29, 1.82) is 0 Å². The van der Waals surface area contributed by atoms with Crippen molar-refractivity contribution in [2.45, 2.75) is 42.9 Å². The number of amides is 1. The monoisotopic (exact) mass is 753 g/mol. The summed E-state index contributed by atoms with van der Waals surface area (Å²) in [5, 5.41) is 14.4. The molecular formula is C38H48ClN5O7S. The molecule has 1 amide bonds. The number of piperidine rings is 1. The fourth-order valence-corrected chi connectivity index (χ4v) is 10.2. The van der Waals surface area contributed by atoms with E-state index >= 15 is 5.21 Å². The molecule has 2 aromatic carbocycles. The highest BCUT2D eigenvalue weighted by Gasteiger charge is 2.60. The first kappa shape index (κ1) is 38.0. The molecule has 4 heterocycles. The molecule has 0 N–H and O–H groups in total. The van der Waals surface area contributed by atoms with E-state index in [1.165, 1.54) is 32.4 Å². The molecule has 2 fully saturated rings. The highest BCUT2D eigenvalue weighted by Crippen LogP contribution is 2.56. The predicted molar refractivity (Wildman–Crippen MR) is 202 cm³/mol. The van der Waals surface area contributed by atoms with E-state index in [2.05, 4.69) is 28.4 Å². The molecule has 6 rings (SSSR count). The molecule has 280 valence electrons. The van der Waals surface area contributed by atoms with Crippen LogP contribution in [-0.2, 0) is 20.2 Å². The number of hydrogen-bond acceptors (Lipinski definition) is 10. The number of hydrogen-bond donors (Lipinski definition) is 0. The number of rotatable bonds is 12. The van der Waals surface area contributed by atoms with Crippen molar-refractivity contribution < 1.29 is 27.4 Å². The standard InChI is InChI=1S/C38H48ClN5O7S/c1-6-35(30-12-11-29(49-4)24-34(30)50-5)52(47,48)44(46)26-38(32-23-27(39)10-13-33(32)44,31-9-8-16-40-37(31)51-7-2)25-36(45)43-17-14-28(15-18-43)42-21-19-41(3)20-22-42/h6,8-13,16,23-24,28,35H,1,7,14-15,17-22,25-26H2,2-5H3. The molecule has 3 aliphatic rings. The van der Waals surface area contributed by atoms with Crippen molar-refractivity contribution in [3.05, 3.63) is 94.3 Å². The Bertz CT molecular complexity index is 1900. The lowest BCUT2D eigenvalue weighted by atomic mass is 9.73. The minimum Gasteiger partial charge on any atom is -0.611 e. The number of likely N-dealkylation sites (tertiary alicyclic amines) is 1. The highest BCUT2D eigenvalue weighted by molar-refractivity contribution is 7.91. The van der Waals surface area contributed by atoms with E-state index in [0.29, 0.717) is 41.0 Å². The Morgan fingerprint density at radius 3 is 2.46 bits per heavy atom. The third-order valence-corrected chi connectivity index (χ3v) is 13.4. The first-order valence-corrected chi connectivity index (χ1v) is 19.6. The van der Waals surface area contributed by atoms with Crippen molar-refractivity contribution in [2.24, 2.45) is 0 Å². The average Bonchev–Trinajstić information content (AvgIpc) is 3.41. The van der Waals surface area contributed by atoms with E-state index in [9.17, 15) is 13.2 Å². The summed E-state index contributed by atoms with van der Waals surface area (Å²) in [6, 6.07) is 13.2. The molecule has 2 saturated heterocycles. The SMILES string of the molecule is C=CC(c1ccc(OC)cc1OC)S(=O)(=O)[N+]1([O-])CC(CC(=O)N2CCC(N3CCN(C)CC3)CC2)(c2cccnc2OCC)c2cc(Cl)ccc21. The van der Waals surface area contributed by atoms with Crippen LogP contribution in [0.2, 0.25) is 5.02 Å². The summed E-state index contributed by atoms with van der Waals surface area (Å²) in [7, 11) is 0.280. The largest absolute Gasteiger partial charge is 0.611 e. The number of ether oxygens (including phenoxy) is 3. The molecule has 14 heteroatoms. The number of methoxy groups -OCH3 is 2. The second-order valence-electron chi connectivity index (χ2n) is 13.8. The number of piperazine rings is 1. The van der Waals surface area contributed by atoms with Gasteiger partial charge in [0, 0.05) is 91.8 Å². The molecule has 3 unspecified atom stereocenters. The summed E-state index contributed by atoms with van der Waals surface area (Å²) >= 11 is 6.63. The lowest BCUT2D eigenvalue weighted by molar-refractivity contribution is -0.134. The molecule has 0 aliphatic carbocycles. The Morgan fingerprint density at radius 1 is 1.08 bits per heavy atom. The first-order chi connectivity index (χ1) is 24.9. The van der Waals surface area contributed by atoms with Crippen molar-refractivity contribution in [3.63, 3.8) is 0 Å². The number of benzene rings is 2. The van der Waals surface area contributed by atoms with Crippen molar-refractivity contribution in [2.75, 3.05) is 73.7 Å². The number of quaternary nitrogens is 1. The van der Waals surface area contributed by atoms with Crippen LogP contribution in [0, 0.1) is 5.21 Å². The van der Waals surface area contributed by atoms with Gasteiger partial charge in [0.25, 0.3) is 0 Å². The molecular weight excluding hydrogens is 706 g/mol. The number of carbonyl (C=O) groups excluding carboxylic acids is 1. The molecule has 12 nitrogen and oxygen atoms in total. The third kappa shape index (κ3) is 6.78. The van der Waals surface area contributed by atoms with Crippen LogP contribution < -0.4 is 18.3 Å². The normalized spacial score (nSPS) is 23.5. The molecule has 0 saturated carbocycles. The Balaban J connectivity index is 1.43. The van der Waals surface area contributed by atoms with Crippen LogP contribution in [0.3, 0.4) is 0 Å². The quantitative estimate of drug-likeness (QED) is 0.140. The Morgan fingerprint density at radius 2 is 1.81 bits per heavy atom. The fourth-order valence-electron chi connectivity index (χ4n) is 8.11. The summed E-state index contributed by atoms with van der Waals surface area (Å²) < 4.78 is 45.1. The summed E-state index contributed by atoms with van der Waals surface area (Å²) in [6.45, 7) is 10.5. The zero-order chi connectivity index (χ0) is 37.3. The van der Waals surface area contributed by atoms with Crippen LogP contribution in [-0.4, -0.2) is 114 Å². The van der Waals surface area contributed by atoms with E-state index in [1.54, 1.807) is 42.6 Å². The number of carbonyl (C=O) groups is 1. The molecule has 3 aliphatic heterocycles. The smallest absolute Gasteiger partial charge is 0.312 e. The number of halogens is 1. The van der Waals surface area contributed by atoms with Gasteiger partial charge in [0.15, 0.2) is 10.9 Å². The van der Waals surface area contributed by atoms with E-state index < -0.39 is 31.3 Å². The zero-order valence-electron chi connectivity index (χ0n) is 30.3. The first-order valence-electron chi connectivity index (χ1n) is 17.7. The van der Waals surface area contributed by atoms with E-state index in [0.717, 1.165) is 39.0 Å². The van der Waals surface area contributed by atoms with Crippen LogP contribution >= 0.6 is 11.6 Å². The summed E-state index contributed by atoms with van der Waals surface area (Å²) in [5.41, 5.74) is -0.469. The van der Waals surface area contributed by atoms with Gasteiger partial charge in [-0.25, -0.2) is 9.04 Å². The van der Waals surface area contributed by atoms with Crippen LogP contribution in [0.5, 0.6) is 17.4 Å². The number of pyridine rings is 1. The Hall–Kier alpha value is -3.72. The molecule has 52 heavy (non-hydrogen) atoms. The fraction of sp³-hybridized carbons (Fsp3) is 0.474. The summed E-state index contributed by atoms with van der Waals surface area (Å²) in [5.74, 6) is 0.720. The predicted octanol–water partition coefficient (Wildman–Crippen LogP) is 5.14. The highest BCUT2D eigenvalue weighted by atomic mass is 35.5. The van der Waals surface area contributed by atoms with Gasteiger partial charge in [-0.05, 0) is 57.1 Å². The molecule has 0 bridgehead atoms. The molecule has 0 spiro atoms. The number of nitrogens with zero attached hydrogens (tertiary/aromatic N) is 5. The second kappa shape index (κ2) is 15.3. The number of aromatic nitrogens is 1. The van der Waals surface area contributed by atoms with Gasteiger partial charge < -0.3 is 29.2 Å². The molecule has 1 aromatic heterocycles. The summed E-state index contributed by atoms with van der Waals surface area (Å²) in [4.78, 5) is 25.7. The van der Waals surface area contributed by atoms with Crippen molar-refractivity contribution in [3.8, 4) is 17.4 Å². The maximum atomic E-state index is 15.6. The Labute approximate surface area is 311 Å². The molecule has 3 aromatic rings. The van der Waals surface area contributed by atoms with Crippen LogP contribution in [0.15, 0.2) is 67.4 Å². The van der Waals surface area contributed by atoms with Crippen molar-refractivity contribution >= 4 is 33.2 Å². The van der Waals surface area contributed by atoms with E-state index in [4.69, 9.17) is 25.8 Å². The van der Waals surface area contributed by atoms with Gasteiger partial charge in [-0.1, -0.05) is 23.7 Å². The second-order valence-corrected chi connectivity index (χ2v) is 16.3. The minimum absolute atomic E-state index is 0.0309. The maximum absolute atomic E-state index is 15.6. The topological polar surface area (TPSA) is 125 Å². The van der Waals surface area contributed by atoms with Gasteiger partial charge in [-0.3, -0.25) is 9.69 Å². The molecule has 0 radical (unpaired) electrons. The van der Waals surface area contributed by atoms with Gasteiger partial charge in [-0.15, -0.1) is 6.58 Å². The van der Waals surface area contributed by atoms with Gasteiger partial charge >= 0.3 is 10.0 Å². The number of hydroxylamine groups is 1. The Kier molecular flexibility index (Phi) is 11.2. The van der Waals surface area contributed by atoms with Crippen LogP contribution in [0.1, 0.15) is 48.1 Å². The van der Waals surface area contributed by atoms with Gasteiger partial charge in [0.05, 0.1) is 26.2 Å². The van der Waals surface area contributed by atoms with Gasteiger partial charge in [-0.2, -0.15) is 8.42 Å². The summed E-state index contributed by atoms with van der Waals surface area (Å²) in [6.07, 6.45) is 4.29. The lowest BCUT2D eigenvalue weighted by Crippen LogP contribution is -2.55.